The number of aliphatic hydroxyl groups is 1. The van der Waals surface area contributed by atoms with E-state index in [1.54, 1.807) is 0 Å². The first-order valence-electron chi connectivity index (χ1n) is 4.80. The number of β-amino-alcohol motifs (C(OH)–C–C–N with tert-alkyl or cyclic N) is 1. The minimum absolute atomic E-state index is 0.0291. The van der Waals surface area contributed by atoms with Gasteiger partial charge in [0.2, 0.25) is 0 Å². The van der Waals surface area contributed by atoms with Crippen molar-refractivity contribution in [3.63, 3.8) is 0 Å². The molecule has 10 heteroatoms. The van der Waals surface area contributed by atoms with Crippen molar-refractivity contribution in [2.24, 2.45) is 0 Å². The van der Waals surface area contributed by atoms with Gasteiger partial charge < -0.3 is 5.11 Å². The molecule has 1 fully saturated rings. The maximum atomic E-state index is 12.0. The third-order valence-electron chi connectivity index (χ3n) is 2.47. The van der Waals surface area contributed by atoms with Gasteiger partial charge in [0.05, 0.1) is 10.5 Å². The van der Waals surface area contributed by atoms with E-state index in [2.05, 4.69) is 0 Å². The molecular weight excluding hydrogens is 304 g/mol. The molecule has 1 saturated heterocycles. The lowest BCUT2D eigenvalue weighted by molar-refractivity contribution is -0.384. The minimum Gasteiger partial charge on any atom is -0.387 e. The Bertz CT molecular complexity index is 601. The first-order chi connectivity index (χ1) is 8.13. The second-order valence-corrected chi connectivity index (χ2v) is 8.07. The van der Waals surface area contributed by atoms with E-state index in [9.17, 15) is 23.6 Å². The van der Waals surface area contributed by atoms with Gasteiger partial charge in [0.25, 0.3) is 15.7 Å². The largest absolute Gasteiger partial charge is 0.387 e. The average molecular weight is 313 g/mol. The van der Waals surface area contributed by atoms with Gasteiger partial charge in [0.15, 0.2) is 4.34 Å². The van der Waals surface area contributed by atoms with Crippen molar-refractivity contribution >= 4 is 38.6 Å². The zero-order valence-corrected chi connectivity index (χ0v) is 11.5. The average Bonchev–Trinajstić information content (AvgIpc) is 2.57. The molecule has 0 bridgehead atoms. The van der Waals surface area contributed by atoms with E-state index in [1.807, 2.05) is 0 Å². The van der Waals surface area contributed by atoms with Crippen molar-refractivity contribution in [3.8, 4) is 0 Å². The van der Waals surface area contributed by atoms with Gasteiger partial charge in [-0.25, -0.2) is 8.42 Å². The molecule has 0 aromatic carbocycles. The summed E-state index contributed by atoms with van der Waals surface area (Å²) in [6, 6.07) is 0.940. The highest BCUT2D eigenvalue weighted by atomic mass is 35.5. The molecule has 0 radical (unpaired) electrons. The lowest BCUT2D eigenvalue weighted by atomic mass is 10.0. The fraction of sp³-hybridized carbons (Fsp3) is 0.500. The molecule has 0 aliphatic carbocycles. The summed E-state index contributed by atoms with van der Waals surface area (Å²) >= 11 is 6.25. The van der Waals surface area contributed by atoms with Crippen LogP contribution in [0.15, 0.2) is 10.3 Å². The molecule has 1 aliphatic heterocycles. The van der Waals surface area contributed by atoms with Gasteiger partial charge in [0.1, 0.15) is 4.21 Å². The number of hydrogen-bond acceptors (Lipinski definition) is 6. The second kappa shape index (κ2) is 4.14. The Morgan fingerprint density at radius 1 is 1.61 bits per heavy atom. The lowest BCUT2D eigenvalue weighted by Crippen LogP contribution is -2.61. The molecular formula is C8H9ClN2O5S2. The highest BCUT2D eigenvalue weighted by Crippen LogP contribution is 2.39. The molecule has 0 unspecified atom stereocenters. The number of halogens is 1. The van der Waals surface area contributed by atoms with Crippen molar-refractivity contribution < 1.29 is 18.4 Å². The van der Waals surface area contributed by atoms with Crippen LogP contribution in [0.5, 0.6) is 0 Å². The quantitative estimate of drug-likeness (QED) is 0.664. The minimum atomic E-state index is -3.81. The maximum Gasteiger partial charge on any atom is 0.300 e. The van der Waals surface area contributed by atoms with Gasteiger partial charge in [-0.15, -0.1) is 11.3 Å². The Balaban J connectivity index is 2.32. The number of nitro groups is 1. The standard InChI is InChI=1S/C8H9ClN2O5S2/c1-8(12)3-10(4-8)18(15,16)6-2-5(11(13)14)7(9)17-6/h2,12H,3-4H2,1H3. The predicted molar refractivity (Wildman–Crippen MR) is 65.4 cm³/mol. The summed E-state index contributed by atoms with van der Waals surface area (Å²) in [6.07, 6.45) is 0. The van der Waals surface area contributed by atoms with Crippen LogP contribution in [-0.2, 0) is 10.0 Å². The van der Waals surface area contributed by atoms with Gasteiger partial charge in [-0.2, -0.15) is 4.31 Å². The van der Waals surface area contributed by atoms with E-state index >= 15 is 0 Å². The molecule has 18 heavy (non-hydrogen) atoms. The zero-order valence-electron chi connectivity index (χ0n) is 9.16. The van der Waals surface area contributed by atoms with Crippen molar-refractivity contribution in [2.45, 2.75) is 16.7 Å². The van der Waals surface area contributed by atoms with E-state index in [1.165, 1.54) is 6.92 Å². The molecule has 100 valence electrons. The van der Waals surface area contributed by atoms with E-state index < -0.39 is 26.2 Å². The first kappa shape index (κ1) is 13.7. The first-order valence-corrected chi connectivity index (χ1v) is 7.43. The molecule has 1 N–H and O–H groups in total. The normalized spacial score (nSPS) is 19.5. The maximum absolute atomic E-state index is 12.0. The molecule has 7 nitrogen and oxygen atoms in total. The summed E-state index contributed by atoms with van der Waals surface area (Å²) in [5.41, 5.74) is -1.47. The van der Waals surface area contributed by atoms with Crippen molar-refractivity contribution in [1.29, 1.82) is 0 Å². The van der Waals surface area contributed by atoms with Gasteiger partial charge >= 0.3 is 0 Å². The smallest absolute Gasteiger partial charge is 0.300 e. The van der Waals surface area contributed by atoms with Crippen LogP contribution >= 0.6 is 22.9 Å². The fourth-order valence-corrected chi connectivity index (χ4v) is 5.09. The Morgan fingerprint density at radius 2 is 2.17 bits per heavy atom. The molecule has 2 heterocycles. The topological polar surface area (TPSA) is 101 Å². The summed E-state index contributed by atoms with van der Waals surface area (Å²) in [4.78, 5) is 9.87. The second-order valence-electron chi connectivity index (χ2n) is 4.25. The van der Waals surface area contributed by atoms with Crippen LogP contribution < -0.4 is 0 Å². The summed E-state index contributed by atoms with van der Waals surface area (Å²) in [5, 5.41) is 20.1. The van der Waals surface area contributed by atoms with Crippen LogP contribution in [0.3, 0.4) is 0 Å². The van der Waals surface area contributed by atoms with Crippen LogP contribution in [0, 0.1) is 10.1 Å². The predicted octanol–water partition coefficient (Wildman–Crippen LogP) is 1.07. The molecule has 1 aromatic heterocycles. The monoisotopic (exact) mass is 312 g/mol. The van der Waals surface area contributed by atoms with Crippen molar-refractivity contribution in [1.82, 2.24) is 4.31 Å². The van der Waals surface area contributed by atoms with Gasteiger partial charge in [-0.3, -0.25) is 10.1 Å². The molecule has 0 atom stereocenters. The van der Waals surface area contributed by atoms with Crippen molar-refractivity contribution in [3.05, 3.63) is 20.5 Å². The third-order valence-corrected chi connectivity index (χ3v) is 6.05. The Kier molecular flexibility index (Phi) is 3.14. The molecule has 0 spiro atoms. The van der Waals surface area contributed by atoms with Crippen LogP contribution in [0.2, 0.25) is 4.34 Å². The van der Waals surface area contributed by atoms with Crippen LogP contribution in [0.4, 0.5) is 5.69 Å². The molecule has 0 amide bonds. The van der Waals surface area contributed by atoms with Crippen LogP contribution in [-0.4, -0.2) is 41.4 Å². The number of nitrogens with zero attached hydrogens (tertiary/aromatic N) is 2. The molecule has 1 aromatic rings. The van der Waals surface area contributed by atoms with Crippen LogP contribution in [0.1, 0.15) is 6.92 Å². The number of rotatable bonds is 3. The Labute approximate surface area is 112 Å². The summed E-state index contributed by atoms with van der Waals surface area (Å²) in [7, 11) is -3.81. The highest BCUT2D eigenvalue weighted by molar-refractivity contribution is 7.91. The Morgan fingerprint density at radius 3 is 2.56 bits per heavy atom. The van der Waals surface area contributed by atoms with E-state index in [0.717, 1.165) is 10.4 Å². The highest BCUT2D eigenvalue weighted by Gasteiger charge is 2.45. The lowest BCUT2D eigenvalue weighted by Gasteiger charge is -2.42. The number of hydrogen-bond donors (Lipinski definition) is 1. The van der Waals surface area contributed by atoms with Gasteiger partial charge in [-0.1, -0.05) is 11.6 Å². The van der Waals surface area contributed by atoms with Gasteiger partial charge in [-0.05, 0) is 6.92 Å². The van der Waals surface area contributed by atoms with Gasteiger partial charge in [0, 0.05) is 19.2 Å². The van der Waals surface area contributed by atoms with Crippen LogP contribution in [0.25, 0.3) is 0 Å². The molecule has 1 aliphatic rings. The summed E-state index contributed by atoms with van der Waals surface area (Å²) in [6.45, 7) is 1.46. The van der Waals surface area contributed by atoms with E-state index in [0.29, 0.717) is 11.3 Å². The number of thiophene rings is 1. The van der Waals surface area contributed by atoms with E-state index in [4.69, 9.17) is 11.6 Å². The van der Waals surface area contributed by atoms with Crippen molar-refractivity contribution in [2.75, 3.05) is 13.1 Å². The molecule has 2 rings (SSSR count). The third kappa shape index (κ3) is 2.24. The van der Waals surface area contributed by atoms with E-state index in [-0.39, 0.29) is 21.6 Å². The zero-order chi connectivity index (χ0) is 13.7. The Hall–Kier alpha value is -0.740. The summed E-state index contributed by atoms with van der Waals surface area (Å²) in [5.74, 6) is 0. The molecule has 0 saturated carbocycles. The SMILES string of the molecule is CC1(O)CN(S(=O)(=O)c2cc([N+](=O)[O-])c(Cl)s2)C1. The fourth-order valence-electron chi connectivity index (χ4n) is 1.60. The number of sulfonamides is 1. The summed E-state index contributed by atoms with van der Waals surface area (Å²) < 4.78 is 24.8.